The van der Waals surface area contributed by atoms with Crippen LogP contribution in [-0.4, -0.2) is 9.81 Å². The molecule has 0 fully saturated rings. The molecular weight excluding hydrogens is 374 g/mol. The Morgan fingerprint density at radius 3 is 2.29 bits per heavy atom. The fourth-order valence-electron chi connectivity index (χ4n) is 2.48. The lowest BCUT2D eigenvalue weighted by atomic mass is 9.92. The maximum Gasteiger partial charge on any atom is 0.153 e. The van der Waals surface area contributed by atoms with E-state index in [-0.39, 0.29) is 10.4 Å². The average Bonchev–Trinajstić information content (AvgIpc) is 2.60. The SMILES string of the molecule is C=C1NC(c2c(F)cncc2F)=C(c2ccccc2)CC1Br.CC. The Balaban J connectivity index is 0.00000100. The Morgan fingerprint density at radius 1 is 1.12 bits per heavy atom. The van der Waals surface area contributed by atoms with Crippen molar-refractivity contribution in [2.75, 3.05) is 0 Å². The summed E-state index contributed by atoms with van der Waals surface area (Å²) < 4.78 is 28.3. The van der Waals surface area contributed by atoms with Crippen molar-refractivity contribution >= 4 is 27.2 Å². The van der Waals surface area contributed by atoms with Crippen LogP contribution in [0.1, 0.15) is 31.4 Å². The Kier molecular flexibility index (Phi) is 6.26. The van der Waals surface area contributed by atoms with Crippen molar-refractivity contribution in [1.29, 1.82) is 0 Å². The van der Waals surface area contributed by atoms with Gasteiger partial charge in [-0.3, -0.25) is 4.98 Å². The van der Waals surface area contributed by atoms with Crippen molar-refractivity contribution in [2.24, 2.45) is 0 Å². The molecule has 0 aliphatic carbocycles. The van der Waals surface area contributed by atoms with E-state index in [0.717, 1.165) is 23.5 Å². The van der Waals surface area contributed by atoms with Crippen molar-refractivity contribution in [2.45, 2.75) is 25.1 Å². The second-order valence-electron chi connectivity index (χ2n) is 5.02. The smallest absolute Gasteiger partial charge is 0.153 e. The van der Waals surface area contributed by atoms with E-state index >= 15 is 0 Å². The first kappa shape index (κ1) is 18.3. The topological polar surface area (TPSA) is 24.9 Å². The molecule has 2 nitrogen and oxygen atoms in total. The fraction of sp³-hybridized carbons (Fsp3) is 0.211. The van der Waals surface area contributed by atoms with Gasteiger partial charge in [-0.05, 0) is 17.6 Å². The Hall–Kier alpha value is -2.01. The highest BCUT2D eigenvalue weighted by molar-refractivity contribution is 9.09. The summed E-state index contributed by atoms with van der Waals surface area (Å²) in [5.74, 6) is -1.39. The molecular formula is C19H19BrF2N2. The van der Waals surface area contributed by atoms with Gasteiger partial charge in [-0.2, -0.15) is 0 Å². The van der Waals surface area contributed by atoms with Crippen LogP contribution in [-0.2, 0) is 0 Å². The lowest BCUT2D eigenvalue weighted by Gasteiger charge is -2.28. The highest BCUT2D eigenvalue weighted by Gasteiger charge is 2.27. The molecule has 0 bridgehead atoms. The van der Waals surface area contributed by atoms with Gasteiger partial charge in [0.25, 0.3) is 0 Å². The Morgan fingerprint density at radius 2 is 1.71 bits per heavy atom. The lowest BCUT2D eigenvalue weighted by Crippen LogP contribution is -2.26. The first-order valence-electron chi connectivity index (χ1n) is 7.75. The molecule has 5 heteroatoms. The molecule has 0 saturated carbocycles. The van der Waals surface area contributed by atoms with E-state index in [1.807, 2.05) is 44.2 Å². The first-order chi connectivity index (χ1) is 11.6. The number of rotatable bonds is 2. The van der Waals surface area contributed by atoms with E-state index in [4.69, 9.17) is 0 Å². The number of nitrogens with one attached hydrogen (secondary N) is 1. The maximum absolute atomic E-state index is 14.1. The van der Waals surface area contributed by atoms with Gasteiger partial charge in [-0.15, -0.1) is 0 Å². The van der Waals surface area contributed by atoms with Gasteiger partial charge in [0.2, 0.25) is 0 Å². The van der Waals surface area contributed by atoms with E-state index < -0.39 is 11.6 Å². The van der Waals surface area contributed by atoms with Gasteiger partial charge in [0.05, 0.1) is 28.5 Å². The summed E-state index contributed by atoms with van der Waals surface area (Å²) in [6.45, 7) is 7.91. The second-order valence-corrected chi connectivity index (χ2v) is 6.12. The molecule has 0 radical (unpaired) electrons. The van der Waals surface area contributed by atoms with E-state index in [0.29, 0.717) is 17.8 Å². The molecule has 0 amide bonds. The molecule has 2 aromatic rings. The van der Waals surface area contributed by atoms with Crippen molar-refractivity contribution in [3.8, 4) is 0 Å². The highest BCUT2D eigenvalue weighted by Crippen LogP contribution is 2.37. The number of hydrogen-bond donors (Lipinski definition) is 1. The summed E-state index contributed by atoms with van der Waals surface area (Å²) in [6, 6.07) is 9.53. The number of halogens is 3. The summed E-state index contributed by atoms with van der Waals surface area (Å²) in [5.41, 5.74) is 2.72. The van der Waals surface area contributed by atoms with Gasteiger partial charge >= 0.3 is 0 Å². The van der Waals surface area contributed by atoms with Crippen LogP contribution in [0, 0.1) is 11.6 Å². The molecule has 0 saturated heterocycles. The Bertz CT molecular complexity index is 737. The molecule has 24 heavy (non-hydrogen) atoms. The largest absolute Gasteiger partial charge is 0.358 e. The molecule has 1 N–H and O–H groups in total. The van der Waals surface area contributed by atoms with Crippen LogP contribution < -0.4 is 5.32 Å². The number of alkyl halides is 1. The van der Waals surface area contributed by atoms with E-state index in [1.165, 1.54) is 0 Å². The molecule has 1 aliphatic rings. The zero-order valence-electron chi connectivity index (χ0n) is 13.6. The van der Waals surface area contributed by atoms with Crippen LogP contribution in [0.25, 0.3) is 11.3 Å². The number of aromatic nitrogens is 1. The Labute approximate surface area is 149 Å². The number of allylic oxidation sites excluding steroid dienone is 2. The van der Waals surface area contributed by atoms with Crippen LogP contribution in [0.2, 0.25) is 0 Å². The summed E-state index contributed by atoms with van der Waals surface area (Å²) >= 11 is 3.53. The summed E-state index contributed by atoms with van der Waals surface area (Å²) in [4.78, 5) is 3.54. The molecule has 1 atom stereocenters. The van der Waals surface area contributed by atoms with Gasteiger partial charge in [0.15, 0.2) is 11.6 Å². The average molecular weight is 393 g/mol. The molecule has 0 spiro atoms. The summed E-state index contributed by atoms with van der Waals surface area (Å²) in [5, 5.41) is 3.04. The van der Waals surface area contributed by atoms with Crippen LogP contribution in [0.3, 0.4) is 0 Å². The molecule has 3 rings (SSSR count). The maximum atomic E-state index is 14.1. The van der Waals surface area contributed by atoms with Crippen molar-refractivity contribution in [3.63, 3.8) is 0 Å². The van der Waals surface area contributed by atoms with Crippen LogP contribution in [0.15, 0.2) is 55.0 Å². The highest BCUT2D eigenvalue weighted by atomic mass is 79.9. The molecule has 1 aromatic carbocycles. The number of benzene rings is 1. The predicted octanol–water partition coefficient (Wildman–Crippen LogP) is 5.52. The third kappa shape index (κ3) is 3.73. The van der Waals surface area contributed by atoms with E-state index in [2.05, 4.69) is 32.8 Å². The van der Waals surface area contributed by atoms with Crippen molar-refractivity contribution < 1.29 is 8.78 Å². The minimum Gasteiger partial charge on any atom is -0.358 e. The van der Waals surface area contributed by atoms with Crippen LogP contribution in [0.4, 0.5) is 8.78 Å². The van der Waals surface area contributed by atoms with Crippen molar-refractivity contribution in [3.05, 3.63) is 77.8 Å². The van der Waals surface area contributed by atoms with Gasteiger partial charge < -0.3 is 5.32 Å². The van der Waals surface area contributed by atoms with Gasteiger partial charge in [-0.25, -0.2) is 8.78 Å². The number of nitrogens with zero attached hydrogens (tertiary/aromatic N) is 1. The number of hydrogen-bond acceptors (Lipinski definition) is 2. The fourth-order valence-corrected chi connectivity index (χ4v) is 2.92. The molecule has 1 aliphatic heterocycles. The van der Waals surface area contributed by atoms with Gasteiger partial charge in [0.1, 0.15) is 0 Å². The van der Waals surface area contributed by atoms with Crippen molar-refractivity contribution in [1.82, 2.24) is 10.3 Å². The second kappa shape index (κ2) is 8.20. The standard InChI is InChI=1S/C17H13BrF2N2.C2H6/c1-10-13(18)7-12(11-5-3-2-4-6-11)17(22-10)16-14(19)8-21-9-15(16)20;1-2/h2-6,8-9,13,22H,1,7H2;1-2H3. The van der Waals surface area contributed by atoms with Gasteiger partial charge in [-0.1, -0.05) is 66.7 Å². The van der Waals surface area contributed by atoms with E-state index in [1.54, 1.807) is 0 Å². The lowest BCUT2D eigenvalue weighted by molar-refractivity contribution is 0.564. The molecule has 1 unspecified atom stereocenters. The van der Waals surface area contributed by atoms with Gasteiger partial charge in [0, 0.05) is 5.70 Å². The zero-order valence-corrected chi connectivity index (χ0v) is 15.2. The van der Waals surface area contributed by atoms with Crippen LogP contribution >= 0.6 is 15.9 Å². The summed E-state index contributed by atoms with van der Waals surface area (Å²) in [7, 11) is 0. The zero-order chi connectivity index (χ0) is 17.7. The first-order valence-corrected chi connectivity index (χ1v) is 8.67. The third-order valence-electron chi connectivity index (χ3n) is 3.57. The normalized spacial score (nSPS) is 17.0. The minimum absolute atomic E-state index is 0.000541. The van der Waals surface area contributed by atoms with Crippen LogP contribution in [0.5, 0.6) is 0 Å². The predicted molar refractivity (Wildman–Crippen MR) is 98.4 cm³/mol. The number of pyridine rings is 1. The summed E-state index contributed by atoms with van der Waals surface area (Å²) in [6.07, 6.45) is 2.61. The monoisotopic (exact) mass is 392 g/mol. The minimum atomic E-state index is -0.697. The molecule has 1 aromatic heterocycles. The third-order valence-corrected chi connectivity index (χ3v) is 4.45. The quantitative estimate of drug-likeness (QED) is 0.680. The van der Waals surface area contributed by atoms with E-state index in [9.17, 15) is 8.78 Å². The molecule has 2 heterocycles. The molecule has 126 valence electrons.